The highest BCUT2D eigenvalue weighted by Crippen LogP contribution is 2.56. The van der Waals surface area contributed by atoms with Gasteiger partial charge in [0.1, 0.15) is 0 Å². The van der Waals surface area contributed by atoms with Gasteiger partial charge in [0.25, 0.3) is 0 Å². The van der Waals surface area contributed by atoms with Gasteiger partial charge in [-0.25, -0.2) is 0 Å². The van der Waals surface area contributed by atoms with E-state index in [0.717, 1.165) is 25.7 Å². The molecule has 0 fully saturated rings. The molecule has 0 radical (unpaired) electrons. The maximum Gasteiger partial charge on any atom is 0.0540 e. The molecule has 0 aromatic heterocycles. The summed E-state index contributed by atoms with van der Waals surface area (Å²) < 4.78 is 0. The standard InChI is InChI=1S/C77H57N/c1-3-77(4-2)73-45-51(31-30-50-32-34-56-46-70(52-18-7-5-8-19-52)71(47-57(56)44-50)53-20-9-6-10-21-53)33-38-66(73)67-41-37-58(48-74(67)77)78(75-29-17-28-62-64-39-35-54-22-11-13-24-59(54)63(64)42-43-69(62)75)76-49-72-60-25-14-12-23-55(60)36-40-65(72)61-26-15-16-27-68(61)76/h5-15,17-26,28-49H,3-4,16,27H2,1-2H3/b31-30+. The Morgan fingerprint density at radius 1 is 0.385 bits per heavy atom. The van der Waals surface area contributed by atoms with Gasteiger partial charge in [-0.15, -0.1) is 0 Å². The van der Waals surface area contributed by atoms with E-state index in [1.807, 2.05) is 0 Å². The van der Waals surface area contributed by atoms with E-state index in [-0.39, 0.29) is 5.41 Å². The fraction of sp³-hybridized carbons (Fsp3) is 0.0909. The molecule has 0 atom stereocenters. The van der Waals surface area contributed by atoms with Gasteiger partial charge in [-0.05, 0) is 194 Å². The Labute approximate surface area is 456 Å². The molecule has 1 nitrogen and oxygen atoms in total. The van der Waals surface area contributed by atoms with Crippen molar-refractivity contribution >= 4 is 99.9 Å². The number of rotatable bonds is 9. The van der Waals surface area contributed by atoms with Crippen molar-refractivity contribution < 1.29 is 0 Å². The fourth-order valence-electron chi connectivity index (χ4n) is 13.8. The van der Waals surface area contributed by atoms with E-state index in [1.54, 1.807) is 0 Å². The van der Waals surface area contributed by atoms with Crippen LogP contribution >= 0.6 is 0 Å². The first kappa shape index (κ1) is 46.0. The Kier molecular flexibility index (Phi) is 10.9. The lowest BCUT2D eigenvalue weighted by molar-refractivity contribution is 0.490. The minimum absolute atomic E-state index is 0.165. The number of benzene rings is 13. The predicted molar refractivity (Wildman–Crippen MR) is 337 cm³/mol. The van der Waals surface area contributed by atoms with Crippen molar-refractivity contribution in [3.05, 3.63) is 276 Å². The van der Waals surface area contributed by atoms with E-state index in [0.29, 0.717) is 0 Å². The maximum absolute atomic E-state index is 2.64. The average Bonchev–Trinajstić information content (AvgIpc) is 4.03. The SMILES string of the molecule is CCC1(CC)c2cc(/C=C/c3ccc4cc(-c5ccccc5)c(-c5ccccc5)cc4c3)ccc2-c2ccc(N(c3cc4c(ccc5ccccc54)c4c3CCC=C4)c3cccc4c3ccc3c5ccccc5ccc43)cc21. The van der Waals surface area contributed by atoms with Crippen molar-refractivity contribution in [1.29, 1.82) is 0 Å². The molecule has 13 aromatic rings. The molecule has 0 spiro atoms. The zero-order valence-electron chi connectivity index (χ0n) is 44.1. The van der Waals surface area contributed by atoms with Crippen molar-refractivity contribution in [2.75, 3.05) is 4.90 Å². The van der Waals surface area contributed by atoms with E-state index in [2.05, 4.69) is 280 Å². The quantitative estimate of drug-likeness (QED) is 0.103. The van der Waals surface area contributed by atoms with Crippen LogP contribution in [0.1, 0.15) is 66.5 Å². The van der Waals surface area contributed by atoms with Gasteiger partial charge in [0.15, 0.2) is 0 Å². The largest absolute Gasteiger partial charge is 0.310 e. The van der Waals surface area contributed by atoms with Crippen LogP contribution in [-0.4, -0.2) is 0 Å². The van der Waals surface area contributed by atoms with Crippen molar-refractivity contribution in [2.24, 2.45) is 0 Å². The van der Waals surface area contributed by atoms with Crippen molar-refractivity contribution in [3.8, 4) is 33.4 Å². The van der Waals surface area contributed by atoms with Gasteiger partial charge in [0.2, 0.25) is 0 Å². The first-order chi connectivity index (χ1) is 38.5. The number of hydrogen-bond acceptors (Lipinski definition) is 1. The second kappa shape index (κ2) is 18.5. The molecule has 0 heterocycles. The third-order valence-corrected chi connectivity index (χ3v) is 17.7. The Bertz CT molecular complexity index is 4630. The monoisotopic (exact) mass is 995 g/mol. The van der Waals surface area contributed by atoms with Gasteiger partial charge < -0.3 is 4.90 Å². The molecule has 0 aliphatic heterocycles. The maximum atomic E-state index is 2.64. The van der Waals surface area contributed by atoms with Crippen LogP contribution in [0.4, 0.5) is 17.1 Å². The molecule has 15 rings (SSSR count). The minimum Gasteiger partial charge on any atom is -0.310 e. The third kappa shape index (κ3) is 7.29. The molecule has 0 N–H and O–H groups in total. The number of nitrogens with zero attached hydrogens (tertiary/aromatic N) is 1. The van der Waals surface area contributed by atoms with Crippen LogP contribution in [0.15, 0.2) is 243 Å². The Hall–Kier alpha value is -9.30. The van der Waals surface area contributed by atoms with Gasteiger partial charge in [0.05, 0.1) is 11.4 Å². The summed E-state index contributed by atoms with van der Waals surface area (Å²) in [6.45, 7) is 4.79. The molecule has 1 heteroatoms. The lowest BCUT2D eigenvalue weighted by atomic mass is 9.73. The normalized spacial score (nSPS) is 13.5. The first-order valence-corrected chi connectivity index (χ1v) is 28.0. The third-order valence-electron chi connectivity index (χ3n) is 17.7. The summed E-state index contributed by atoms with van der Waals surface area (Å²) >= 11 is 0. The second-order valence-corrected chi connectivity index (χ2v) is 21.7. The fourth-order valence-corrected chi connectivity index (χ4v) is 13.8. The van der Waals surface area contributed by atoms with Gasteiger partial charge >= 0.3 is 0 Å². The molecule has 0 saturated carbocycles. The van der Waals surface area contributed by atoms with Crippen LogP contribution in [-0.2, 0) is 11.8 Å². The first-order valence-electron chi connectivity index (χ1n) is 28.0. The van der Waals surface area contributed by atoms with E-state index < -0.39 is 0 Å². The van der Waals surface area contributed by atoms with Gasteiger partial charge in [-0.1, -0.05) is 232 Å². The summed E-state index contributed by atoms with van der Waals surface area (Å²) in [5, 5.41) is 15.3. The Balaban J connectivity index is 0.869. The molecular weight excluding hydrogens is 939 g/mol. The van der Waals surface area contributed by atoms with Crippen molar-refractivity contribution in [1.82, 2.24) is 0 Å². The summed E-state index contributed by atoms with van der Waals surface area (Å²) in [5.41, 5.74) is 19.1. The molecule has 0 amide bonds. The zero-order valence-corrected chi connectivity index (χ0v) is 44.1. The molecular formula is C77H57N. The molecule has 0 bridgehead atoms. The zero-order chi connectivity index (χ0) is 51.9. The molecule has 78 heavy (non-hydrogen) atoms. The minimum atomic E-state index is -0.165. The molecule has 2 aliphatic rings. The van der Waals surface area contributed by atoms with Gasteiger partial charge in [0, 0.05) is 16.5 Å². The average molecular weight is 996 g/mol. The van der Waals surface area contributed by atoms with Crippen LogP contribution in [0.3, 0.4) is 0 Å². The van der Waals surface area contributed by atoms with Gasteiger partial charge in [-0.2, -0.15) is 0 Å². The van der Waals surface area contributed by atoms with Gasteiger partial charge in [-0.3, -0.25) is 0 Å². The lowest BCUT2D eigenvalue weighted by Gasteiger charge is -2.34. The number of allylic oxidation sites excluding steroid dienone is 1. The highest BCUT2D eigenvalue weighted by Gasteiger charge is 2.41. The predicted octanol–water partition coefficient (Wildman–Crippen LogP) is 21.6. The van der Waals surface area contributed by atoms with Crippen molar-refractivity contribution in [3.63, 3.8) is 0 Å². The van der Waals surface area contributed by atoms with Crippen LogP contribution in [0.5, 0.6) is 0 Å². The Morgan fingerprint density at radius 2 is 0.936 bits per heavy atom. The summed E-state index contributed by atoms with van der Waals surface area (Å²) in [5.74, 6) is 0. The van der Waals surface area contributed by atoms with Crippen LogP contribution in [0, 0.1) is 0 Å². The summed E-state index contributed by atoms with van der Waals surface area (Å²) in [7, 11) is 0. The van der Waals surface area contributed by atoms with Crippen LogP contribution in [0.2, 0.25) is 0 Å². The number of anilines is 3. The van der Waals surface area contributed by atoms with Crippen LogP contribution in [0.25, 0.3) is 116 Å². The topological polar surface area (TPSA) is 3.24 Å². The molecule has 2 aliphatic carbocycles. The number of hydrogen-bond donors (Lipinski definition) is 0. The highest BCUT2D eigenvalue weighted by molar-refractivity contribution is 6.20. The molecule has 370 valence electrons. The van der Waals surface area contributed by atoms with Crippen molar-refractivity contribution in [2.45, 2.75) is 44.9 Å². The van der Waals surface area contributed by atoms with E-state index in [9.17, 15) is 0 Å². The number of fused-ring (bicyclic) bond motifs is 14. The molecule has 13 aromatic carbocycles. The van der Waals surface area contributed by atoms with E-state index in [1.165, 1.54) is 148 Å². The lowest BCUT2D eigenvalue weighted by Crippen LogP contribution is -2.23. The van der Waals surface area contributed by atoms with E-state index >= 15 is 0 Å². The summed E-state index contributed by atoms with van der Waals surface area (Å²) in [6, 6.07) is 89.1. The Morgan fingerprint density at radius 3 is 1.67 bits per heavy atom. The summed E-state index contributed by atoms with van der Waals surface area (Å²) in [6.07, 6.45) is 13.4. The highest BCUT2D eigenvalue weighted by atomic mass is 15.1. The molecule has 0 unspecified atom stereocenters. The van der Waals surface area contributed by atoms with E-state index in [4.69, 9.17) is 0 Å². The molecule has 0 saturated heterocycles. The smallest absolute Gasteiger partial charge is 0.0540 e. The second-order valence-electron chi connectivity index (χ2n) is 21.7. The van der Waals surface area contributed by atoms with Crippen LogP contribution < -0.4 is 4.90 Å². The summed E-state index contributed by atoms with van der Waals surface area (Å²) in [4.78, 5) is 2.64.